The molecule has 0 radical (unpaired) electrons. The number of rotatable bonds is 5. The summed E-state index contributed by atoms with van der Waals surface area (Å²) in [4.78, 5) is 18.6. The van der Waals surface area contributed by atoms with Gasteiger partial charge in [-0.1, -0.05) is 20.3 Å². The fourth-order valence-corrected chi connectivity index (χ4v) is 1.26. The van der Waals surface area contributed by atoms with E-state index < -0.39 is 17.8 Å². The molecule has 0 spiro atoms. The molecule has 1 amide bonds. The maximum atomic E-state index is 12.6. The van der Waals surface area contributed by atoms with Gasteiger partial charge in [-0.05, 0) is 5.92 Å². The molecule has 0 aliphatic carbocycles. The Hall–Kier alpha value is -1.72. The van der Waals surface area contributed by atoms with Crippen LogP contribution in [0.5, 0.6) is 0 Å². The molecule has 5 nitrogen and oxygen atoms in total. The molecule has 1 aromatic heterocycles. The number of nitrogens with zero attached hydrogens (tertiary/aromatic N) is 2. The van der Waals surface area contributed by atoms with Crippen molar-refractivity contribution in [2.45, 2.75) is 26.3 Å². The third-order valence-electron chi connectivity index (χ3n) is 2.42. The number of anilines is 1. The van der Waals surface area contributed by atoms with Crippen LogP contribution in [0.1, 0.15) is 20.3 Å². The Kier molecular flexibility index (Phi) is 4.16. The zero-order valence-corrected chi connectivity index (χ0v) is 9.27. The molecule has 0 saturated carbocycles. The summed E-state index contributed by atoms with van der Waals surface area (Å²) in [5.74, 6) is -0.733. The van der Waals surface area contributed by atoms with Crippen molar-refractivity contribution < 1.29 is 9.18 Å². The molecule has 1 rings (SSSR count). The van der Waals surface area contributed by atoms with E-state index in [0.29, 0.717) is 0 Å². The van der Waals surface area contributed by atoms with Gasteiger partial charge in [-0.3, -0.25) is 4.79 Å². The van der Waals surface area contributed by atoms with Crippen LogP contribution in [0.4, 0.5) is 10.3 Å². The minimum atomic E-state index is -0.546. The summed E-state index contributed by atoms with van der Waals surface area (Å²) in [6.07, 6.45) is 2.86. The third-order valence-corrected chi connectivity index (χ3v) is 2.42. The molecule has 88 valence electrons. The molecule has 0 saturated heterocycles. The zero-order chi connectivity index (χ0) is 12.1. The van der Waals surface area contributed by atoms with Crippen molar-refractivity contribution >= 4 is 11.9 Å². The van der Waals surface area contributed by atoms with Crippen LogP contribution in [0, 0.1) is 11.7 Å². The number of halogens is 1. The number of hydrogen-bond acceptors (Lipinski definition) is 4. The molecular formula is C10H15FN4O. The van der Waals surface area contributed by atoms with Crippen LogP contribution in [0.25, 0.3) is 0 Å². The van der Waals surface area contributed by atoms with Gasteiger partial charge in [0.1, 0.15) is 6.04 Å². The largest absolute Gasteiger partial charge is 0.368 e. The van der Waals surface area contributed by atoms with Crippen LogP contribution < -0.4 is 11.1 Å². The molecular weight excluding hydrogens is 211 g/mol. The van der Waals surface area contributed by atoms with E-state index in [1.54, 1.807) is 0 Å². The minimum Gasteiger partial charge on any atom is -0.368 e. The molecule has 0 bridgehead atoms. The van der Waals surface area contributed by atoms with E-state index in [1.807, 2.05) is 13.8 Å². The molecule has 0 aliphatic rings. The Morgan fingerprint density at radius 1 is 1.56 bits per heavy atom. The van der Waals surface area contributed by atoms with Crippen LogP contribution in [0.2, 0.25) is 0 Å². The van der Waals surface area contributed by atoms with E-state index in [2.05, 4.69) is 15.3 Å². The number of hydrogen-bond donors (Lipinski definition) is 2. The highest BCUT2D eigenvalue weighted by atomic mass is 19.1. The lowest BCUT2D eigenvalue weighted by atomic mass is 9.99. The predicted octanol–water partition coefficient (Wildman–Crippen LogP) is 0.928. The van der Waals surface area contributed by atoms with E-state index in [4.69, 9.17) is 5.73 Å². The number of primary amides is 1. The van der Waals surface area contributed by atoms with E-state index in [-0.39, 0.29) is 11.9 Å². The first kappa shape index (κ1) is 12.4. The van der Waals surface area contributed by atoms with Crippen LogP contribution in [-0.4, -0.2) is 21.9 Å². The highest BCUT2D eigenvalue weighted by molar-refractivity contribution is 5.82. The summed E-state index contributed by atoms with van der Waals surface area (Å²) in [6.45, 7) is 3.85. The van der Waals surface area contributed by atoms with Crippen molar-refractivity contribution in [2.75, 3.05) is 5.32 Å². The normalized spacial score (nSPS) is 14.2. The summed E-state index contributed by atoms with van der Waals surface area (Å²) in [5, 5.41) is 2.79. The highest BCUT2D eigenvalue weighted by Crippen LogP contribution is 2.11. The summed E-state index contributed by atoms with van der Waals surface area (Å²) in [5.41, 5.74) is 5.26. The maximum absolute atomic E-state index is 12.6. The topological polar surface area (TPSA) is 80.9 Å². The molecule has 1 heterocycles. The number of aromatic nitrogens is 2. The number of carbonyl (C=O) groups is 1. The van der Waals surface area contributed by atoms with Gasteiger partial charge in [0.15, 0.2) is 5.82 Å². The standard InChI is InChI=1S/C10H15FN4O/c1-3-6(2)8(9(12)16)15-10-13-4-7(11)5-14-10/h4-6,8H,3H2,1-2H3,(H2,12,16)(H,13,14,15). The minimum absolute atomic E-state index is 0.0613. The van der Waals surface area contributed by atoms with E-state index >= 15 is 0 Å². The smallest absolute Gasteiger partial charge is 0.240 e. The van der Waals surface area contributed by atoms with Crippen LogP contribution in [0.3, 0.4) is 0 Å². The molecule has 1 aromatic rings. The summed E-state index contributed by atoms with van der Waals surface area (Å²) >= 11 is 0. The second kappa shape index (κ2) is 5.39. The van der Waals surface area contributed by atoms with Crippen molar-refractivity contribution in [1.82, 2.24) is 9.97 Å². The maximum Gasteiger partial charge on any atom is 0.240 e. The van der Waals surface area contributed by atoms with Crippen molar-refractivity contribution in [1.29, 1.82) is 0 Å². The fraction of sp³-hybridized carbons (Fsp3) is 0.500. The molecule has 0 aliphatic heterocycles. The lowest BCUT2D eigenvalue weighted by molar-refractivity contribution is -0.119. The zero-order valence-electron chi connectivity index (χ0n) is 9.27. The molecule has 6 heteroatoms. The first-order chi connectivity index (χ1) is 7.54. The van der Waals surface area contributed by atoms with Gasteiger partial charge in [-0.25, -0.2) is 14.4 Å². The molecule has 2 atom stereocenters. The summed E-state index contributed by atoms with van der Waals surface area (Å²) < 4.78 is 12.6. The second-order valence-corrected chi connectivity index (χ2v) is 3.63. The van der Waals surface area contributed by atoms with Crippen molar-refractivity contribution in [3.63, 3.8) is 0 Å². The first-order valence-corrected chi connectivity index (χ1v) is 5.08. The third kappa shape index (κ3) is 3.15. The Morgan fingerprint density at radius 2 is 2.12 bits per heavy atom. The van der Waals surface area contributed by atoms with Gasteiger partial charge >= 0.3 is 0 Å². The molecule has 16 heavy (non-hydrogen) atoms. The van der Waals surface area contributed by atoms with Gasteiger partial charge in [0, 0.05) is 0 Å². The van der Waals surface area contributed by atoms with E-state index in [0.717, 1.165) is 18.8 Å². The summed E-state index contributed by atoms with van der Waals surface area (Å²) in [6, 6.07) is -0.546. The molecule has 0 aromatic carbocycles. The lowest BCUT2D eigenvalue weighted by Gasteiger charge is -2.20. The fourth-order valence-electron chi connectivity index (χ4n) is 1.26. The average molecular weight is 226 g/mol. The Bertz CT molecular complexity index is 354. The Balaban J connectivity index is 2.75. The Labute approximate surface area is 93.3 Å². The van der Waals surface area contributed by atoms with E-state index in [9.17, 15) is 9.18 Å². The van der Waals surface area contributed by atoms with Crippen LogP contribution in [-0.2, 0) is 4.79 Å². The molecule has 2 unspecified atom stereocenters. The van der Waals surface area contributed by atoms with Crippen molar-refractivity contribution in [3.8, 4) is 0 Å². The lowest BCUT2D eigenvalue weighted by Crippen LogP contribution is -2.40. The van der Waals surface area contributed by atoms with Gasteiger partial charge in [-0.15, -0.1) is 0 Å². The van der Waals surface area contributed by atoms with Gasteiger partial charge in [0.25, 0.3) is 0 Å². The van der Waals surface area contributed by atoms with Gasteiger partial charge in [0.05, 0.1) is 12.4 Å². The summed E-state index contributed by atoms with van der Waals surface area (Å²) in [7, 11) is 0. The van der Waals surface area contributed by atoms with Crippen LogP contribution in [0.15, 0.2) is 12.4 Å². The first-order valence-electron chi connectivity index (χ1n) is 5.08. The highest BCUT2D eigenvalue weighted by Gasteiger charge is 2.22. The second-order valence-electron chi connectivity index (χ2n) is 3.63. The Morgan fingerprint density at radius 3 is 2.56 bits per heavy atom. The monoisotopic (exact) mass is 226 g/mol. The van der Waals surface area contributed by atoms with Gasteiger partial charge in [0.2, 0.25) is 11.9 Å². The number of nitrogens with one attached hydrogen (secondary N) is 1. The average Bonchev–Trinajstić information content (AvgIpc) is 2.27. The van der Waals surface area contributed by atoms with Crippen molar-refractivity contribution in [2.24, 2.45) is 11.7 Å². The molecule has 0 fully saturated rings. The number of carbonyl (C=O) groups excluding carboxylic acids is 1. The molecule has 3 N–H and O–H groups in total. The predicted molar refractivity (Wildman–Crippen MR) is 58.1 cm³/mol. The quantitative estimate of drug-likeness (QED) is 0.782. The van der Waals surface area contributed by atoms with Gasteiger partial charge < -0.3 is 11.1 Å². The van der Waals surface area contributed by atoms with Crippen molar-refractivity contribution in [3.05, 3.63) is 18.2 Å². The van der Waals surface area contributed by atoms with Gasteiger partial charge in [-0.2, -0.15) is 0 Å². The van der Waals surface area contributed by atoms with E-state index in [1.165, 1.54) is 0 Å². The number of nitrogens with two attached hydrogens (primary N) is 1. The number of amides is 1. The SMILES string of the molecule is CCC(C)C(Nc1ncc(F)cn1)C(N)=O. The van der Waals surface area contributed by atoms with Crippen LogP contribution >= 0.6 is 0 Å².